The quantitative estimate of drug-likeness (QED) is 0.920. The second-order valence-electron chi connectivity index (χ2n) is 6.12. The number of hydrogen-bond acceptors (Lipinski definition) is 5. The van der Waals surface area contributed by atoms with Crippen molar-refractivity contribution in [1.82, 2.24) is 25.1 Å². The van der Waals surface area contributed by atoms with Crippen molar-refractivity contribution in [1.29, 1.82) is 0 Å². The standard InChI is InChI=1S/C15H21N5O/c1-15(2,21)13-9-6-10-19(13)11-14-16-17-18-20(14)12-7-4-3-5-8-12/h3-5,7-8,13,21H,6,9-11H2,1-2H3. The summed E-state index contributed by atoms with van der Waals surface area (Å²) in [6.45, 7) is 5.36. The molecule has 0 amide bonds. The van der Waals surface area contributed by atoms with Gasteiger partial charge in [0, 0.05) is 6.04 Å². The second kappa shape index (κ2) is 5.54. The van der Waals surface area contributed by atoms with Gasteiger partial charge in [0.05, 0.1) is 17.8 Å². The lowest BCUT2D eigenvalue weighted by Gasteiger charge is -2.33. The lowest BCUT2D eigenvalue weighted by Crippen LogP contribution is -2.45. The van der Waals surface area contributed by atoms with Gasteiger partial charge in [0.25, 0.3) is 0 Å². The molecule has 1 aliphatic rings. The lowest BCUT2D eigenvalue weighted by atomic mass is 9.97. The highest BCUT2D eigenvalue weighted by atomic mass is 16.3. The van der Waals surface area contributed by atoms with E-state index in [1.165, 1.54) is 0 Å². The summed E-state index contributed by atoms with van der Waals surface area (Å²) in [5, 5.41) is 22.3. The first-order chi connectivity index (χ1) is 10.1. The Bertz CT molecular complexity index is 590. The van der Waals surface area contributed by atoms with Gasteiger partial charge in [-0.05, 0) is 55.8 Å². The molecule has 1 unspecified atom stereocenters. The minimum atomic E-state index is -0.707. The molecule has 0 saturated carbocycles. The van der Waals surface area contributed by atoms with Gasteiger partial charge < -0.3 is 5.11 Å². The Labute approximate surface area is 124 Å². The fourth-order valence-corrected chi connectivity index (χ4v) is 3.07. The Hall–Kier alpha value is -1.79. The topological polar surface area (TPSA) is 67.1 Å². The number of para-hydroxylation sites is 1. The predicted molar refractivity (Wildman–Crippen MR) is 78.9 cm³/mol. The number of nitrogens with zero attached hydrogens (tertiary/aromatic N) is 5. The molecular weight excluding hydrogens is 266 g/mol. The van der Waals surface area contributed by atoms with Crippen LogP contribution < -0.4 is 0 Å². The van der Waals surface area contributed by atoms with Crippen molar-refractivity contribution in [2.75, 3.05) is 6.54 Å². The molecule has 1 aromatic heterocycles. The van der Waals surface area contributed by atoms with Gasteiger partial charge in [-0.2, -0.15) is 4.68 Å². The molecule has 1 aliphatic heterocycles. The fraction of sp³-hybridized carbons (Fsp3) is 0.533. The van der Waals surface area contributed by atoms with Crippen LogP contribution in [0.5, 0.6) is 0 Å². The first-order valence-electron chi connectivity index (χ1n) is 7.35. The van der Waals surface area contributed by atoms with E-state index < -0.39 is 5.60 Å². The van der Waals surface area contributed by atoms with E-state index in [0.29, 0.717) is 6.54 Å². The van der Waals surface area contributed by atoms with Gasteiger partial charge in [0.1, 0.15) is 0 Å². The second-order valence-corrected chi connectivity index (χ2v) is 6.12. The van der Waals surface area contributed by atoms with Crippen LogP contribution in [0, 0.1) is 0 Å². The minimum absolute atomic E-state index is 0.151. The Morgan fingerprint density at radius 3 is 2.76 bits per heavy atom. The molecule has 1 saturated heterocycles. The van der Waals surface area contributed by atoms with Crippen molar-refractivity contribution in [3.8, 4) is 5.69 Å². The van der Waals surface area contributed by atoms with E-state index in [2.05, 4.69) is 20.4 Å². The number of aliphatic hydroxyl groups is 1. The molecule has 6 heteroatoms. The maximum atomic E-state index is 10.3. The number of rotatable bonds is 4. The highest BCUT2D eigenvalue weighted by Crippen LogP contribution is 2.28. The summed E-state index contributed by atoms with van der Waals surface area (Å²) < 4.78 is 1.76. The van der Waals surface area contributed by atoms with Gasteiger partial charge in [-0.15, -0.1) is 5.10 Å². The number of aromatic nitrogens is 4. The van der Waals surface area contributed by atoms with Gasteiger partial charge in [-0.1, -0.05) is 18.2 Å². The van der Waals surface area contributed by atoms with Crippen LogP contribution in [-0.4, -0.2) is 48.4 Å². The number of tetrazole rings is 1. The van der Waals surface area contributed by atoms with E-state index in [1.54, 1.807) is 4.68 Å². The summed E-state index contributed by atoms with van der Waals surface area (Å²) in [6.07, 6.45) is 2.11. The van der Waals surface area contributed by atoms with E-state index in [1.807, 2.05) is 44.2 Å². The van der Waals surface area contributed by atoms with Gasteiger partial charge in [-0.3, -0.25) is 4.90 Å². The normalized spacial score (nSPS) is 20.0. The predicted octanol–water partition coefficient (Wildman–Crippen LogP) is 1.40. The molecule has 0 spiro atoms. The van der Waals surface area contributed by atoms with Crippen molar-refractivity contribution in [2.45, 2.75) is 44.9 Å². The highest BCUT2D eigenvalue weighted by molar-refractivity contribution is 5.30. The lowest BCUT2D eigenvalue weighted by molar-refractivity contribution is -0.00594. The fourth-order valence-electron chi connectivity index (χ4n) is 3.07. The Kier molecular flexibility index (Phi) is 3.73. The zero-order chi connectivity index (χ0) is 14.9. The summed E-state index contributed by atoms with van der Waals surface area (Å²) >= 11 is 0. The van der Waals surface area contributed by atoms with Crippen LogP contribution in [0.3, 0.4) is 0 Å². The Morgan fingerprint density at radius 2 is 2.05 bits per heavy atom. The third-order valence-corrected chi connectivity index (χ3v) is 4.06. The number of hydrogen-bond donors (Lipinski definition) is 1. The monoisotopic (exact) mass is 287 g/mol. The summed E-state index contributed by atoms with van der Waals surface area (Å²) in [6, 6.07) is 10.0. The number of likely N-dealkylation sites (tertiary alicyclic amines) is 1. The van der Waals surface area contributed by atoms with E-state index in [4.69, 9.17) is 0 Å². The van der Waals surface area contributed by atoms with Crippen molar-refractivity contribution < 1.29 is 5.11 Å². The van der Waals surface area contributed by atoms with Crippen LogP contribution in [0.25, 0.3) is 5.69 Å². The van der Waals surface area contributed by atoms with Crippen molar-refractivity contribution in [3.05, 3.63) is 36.2 Å². The number of benzene rings is 1. The summed E-state index contributed by atoms with van der Waals surface area (Å²) in [7, 11) is 0. The molecule has 1 atom stereocenters. The van der Waals surface area contributed by atoms with Crippen LogP contribution in [0.4, 0.5) is 0 Å². The van der Waals surface area contributed by atoms with Gasteiger partial charge in [0.15, 0.2) is 5.82 Å². The molecule has 0 bridgehead atoms. The van der Waals surface area contributed by atoms with Crippen LogP contribution in [0.15, 0.2) is 30.3 Å². The van der Waals surface area contributed by atoms with Crippen molar-refractivity contribution in [2.24, 2.45) is 0 Å². The van der Waals surface area contributed by atoms with Gasteiger partial charge in [-0.25, -0.2) is 0 Å². The van der Waals surface area contributed by atoms with Crippen LogP contribution in [0.1, 0.15) is 32.5 Å². The molecule has 2 heterocycles. The molecule has 1 fully saturated rings. The molecule has 112 valence electrons. The van der Waals surface area contributed by atoms with Crippen LogP contribution in [-0.2, 0) is 6.54 Å². The maximum absolute atomic E-state index is 10.3. The average Bonchev–Trinajstić information content (AvgIpc) is 3.08. The van der Waals surface area contributed by atoms with E-state index in [-0.39, 0.29) is 6.04 Å². The molecule has 0 radical (unpaired) electrons. The van der Waals surface area contributed by atoms with Crippen LogP contribution in [0.2, 0.25) is 0 Å². The first-order valence-corrected chi connectivity index (χ1v) is 7.35. The third-order valence-electron chi connectivity index (χ3n) is 4.06. The van der Waals surface area contributed by atoms with E-state index >= 15 is 0 Å². The smallest absolute Gasteiger partial charge is 0.170 e. The van der Waals surface area contributed by atoms with Crippen LogP contribution >= 0.6 is 0 Å². The maximum Gasteiger partial charge on any atom is 0.170 e. The SMILES string of the molecule is CC(C)(O)C1CCCN1Cc1nnnn1-c1ccccc1. The molecule has 0 aliphatic carbocycles. The largest absolute Gasteiger partial charge is 0.389 e. The highest BCUT2D eigenvalue weighted by Gasteiger charge is 2.36. The summed E-state index contributed by atoms with van der Waals surface area (Å²) in [4.78, 5) is 2.27. The molecule has 1 aromatic carbocycles. The Morgan fingerprint density at radius 1 is 1.29 bits per heavy atom. The van der Waals surface area contributed by atoms with E-state index in [9.17, 15) is 5.11 Å². The third kappa shape index (κ3) is 2.96. The van der Waals surface area contributed by atoms with Crippen molar-refractivity contribution >= 4 is 0 Å². The average molecular weight is 287 g/mol. The molecule has 1 N–H and O–H groups in total. The molecule has 3 rings (SSSR count). The van der Waals surface area contributed by atoms with E-state index in [0.717, 1.165) is 30.9 Å². The minimum Gasteiger partial charge on any atom is -0.389 e. The molecule has 6 nitrogen and oxygen atoms in total. The summed E-state index contributed by atoms with van der Waals surface area (Å²) in [5.74, 6) is 0.803. The molecule has 21 heavy (non-hydrogen) atoms. The zero-order valence-corrected chi connectivity index (χ0v) is 12.5. The molecule has 2 aromatic rings. The van der Waals surface area contributed by atoms with Gasteiger partial charge >= 0.3 is 0 Å². The first kappa shape index (κ1) is 14.2. The van der Waals surface area contributed by atoms with Gasteiger partial charge in [0.2, 0.25) is 0 Å². The van der Waals surface area contributed by atoms with Crippen molar-refractivity contribution in [3.63, 3.8) is 0 Å². The zero-order valence-electron chi connectivity index (χ0n) is 12.5. The Balaban J connectivity index is 1.82. The summed E-state index contributed by atoms with van der Waals surface area (Å²) in [5.41, 5.74) is 0.248. The molecular formula is C15H21N5O.